The van der Waals surface area contributed by atoms with Crippen molar-refractivity contribution in [3.05, 3.63) is 0 Å². The fraction of sp³-hybridized carbons (Fsp3) is 0.657. The summed E-state index contributed by atoms with van der Waals surface area (Å²) in [5.74, 6) is -15.6. The van der Waals surface area contributed by atoms with E-state index in [9.17, 15) is 62.6 Å². The molecule has 0 aliphatic heterocycles. The maximum Gasteiger partial charge on any atom is 0.322 e. The van der Waals surface area contributed by atoms with Crippen molar-refractivity contribution in [2.75, 3.05) is 18.1 Å². The monoisotopic (exact) mass is 861 g/mol. The highest BCUT2D eigenvalue weighted by molar-refractivity contribution is 8.00. The van der Waals surface area contributed by atoms with Crippen molar-refractivity contribution in [3.63, 3.8) is 0 Å². The van der Waals surface area contributed by atoms with Gasteiger partial charge in [0.05, 0.1) is 11.8 Å². The molecule has 11 N–H and O–H groups in total. The lowest BCUT2D eigenvalue weighted by Crippen LogP contribution is -2.61. The van der Waals surface area contributed by atoms with Crippen LogP contribution in [0.15, 0.2) is 0 Å². The van der Waals surface area contributed by atoms with E-state index in [1.54, 1.807) is 6.92 Å². The Morgan fingerprint density at radius 2 is 0.932 bits per heavy atom. The quantitative estimate of drug-likeness (QED) is 0.0342. The molecule has 59 heavy (non-hydrogen) atoms. The fourth-order valence-electron chi connectivity index (χ4n) is 5.10. The van der Waals surface area contributed by atoms with Gasteiger partial charge in [0.2, 0.25) is 41.2 Å². The van der Waals surface area contributed by atoms with Crippen molar-refractivity contribution in [3.8, 4) is 0 Å². The fourth-order valence-corrected chi connectivity index (χ4v) is 5.86. The summed E-state index contributed by atoms with van der Waals surface area (Å²) < 4.78 is 0. The minimum Gasteiger partial charge on any atom is -0.481 e. The molecule has 0 spiro atoms. The SMILES string of the molecule is CCC[C@H](NC(=O)[C@H](CSCC(=O)O)NC(=O)[C@@H](NC(=O)[C@@H](NC(=O)[C@H](CCC(=O)O)NC(=O)[C@H](CCC(=O)O)NC(C)=O)C(C)C)C(C)C)C(=O)C(=O)NCC(=O)O. The first kappa shape index (κ1) is 53.2. The molecule has 7 amide bonds. The van der Waals surface area contributed by atoms with Gasteiger partial charge in [0, 0.05) is 25.5 Å². The van der Waals surface area contributed by atoms with E-state index in [2.05, 4.69) is 31.9 Å². The van der Waals surface area contributed by atoms with Crippen molar-refractivity contribution < 1.29 is 78.0 Å². The molecule has 0 aromatic carbocycles. The smallest absolute Gasteiger partial charge is 0.322 e. The molecule has 0 aromatic rings. The van der Waals surface area contributed by atoms with Crippen molar-refractivity contribution in [1.82, 2.24) is 37.2 Å². The van der Waals surface area contributed by atoms with Gasteiger partial charge in [-0.3, -0.25) is 57.5 Å². The number of aliphatic carboxylic acids is 4. The van der Waals surface area contributed by atoms with Crippen LogP contribution >= 0.6 is 11.8 Å². The Morgan fingerprint density at radius 1 is 0.508 bits per heavy atom. The predicted octanol–water partition coefficient (Wildman–Crippen LogP) is -2.66. The van der Waals surface area contributed by atoms with Gasteiger partial charge in [0.15, 0.2) is 0 Å². The van der Waals surface area contributed by atoms with Gasteiger partial charge in [-0.05, 0) is 31.1 Å². The zero-order valence-electron chi connectivity index (χ0n) is 33.6. The molecule has 23 nitrogen and oxygen atoms in total. The molecule has 0 aliphatic carbocycles. The second-order valence-corrected chi connectivity index (χ2v) is 14.9. The summed E-state index contributed by atoms with van der Waals surface area (Å²) in [6.07, 6.45) is -1.80. The lowest BCUT2D eigenvalue weighted by atomic mass is 9.98. The van der Waals surface area contributed by atoms with E-state index in [0.29, 0.717) is 0 Å². The first-order valence-corrected chi connectivity index (χ1v) is 19.6. The van der Waals surface area contributed by atoms with E-state index in [1.807, 2.05) is 5.32 Å². The lowest BCUT2D eigenvalue weighted by molar-refractivity contribution is -0.143. The summed E-state index contributed by atoms with van der Waals surface area (Å²) in [5.41, 5.74) is 0. The van der Waals surface area contributed by atoms with E-state index >= 15 is 0 Å². The Labute approximate surface area is 343 Å². The van der Waals surface area contributed by atoms with E-state index in [1.165, 1.54) is 27.7 Å². The van der Waals surface area contributed by atoms with E-state index in [0.717, 1.165) is 18.7 Å². The number of amides is 7. The number of Topliss-reactive ketones (excluding diaryl/α,β-unsaturated/α-hetero) is 1. The third kappa shape index (κ3) is 21.5. The number of carbonyl (C=O) groups excluding carboxylic acids is 8. The summed E-state index contributed by atoms with van der Waals surface area (Å²) in [5, 5.41) is 52.4. The van der Waals surface area contributed by atoms with Crippen LogP contribution in [0.2, 0.25) is 0 Å². The molecular weight excluding hydrogens is 806 g/mol. The highest BCUT2D eigenvalue weighted by atomic mass is 32.2. The summed E-state index contributed by atoms with van der Waals surface area (Å²) in [6, 6.07) is -8.82. The Bertz CT molecular complexity index is 1570. The van der Waals surface area contributed by atoms with Gasteiger partial charge in [-0.2, -0.15) is 0 Å². The van der Waals surface area contributed by atoms with Crippen LogP contribution in [0.25, 0.3) is 0 Å². The molecule has 0 aliphatic rings. The molecule has 6 atom stereocenters. The molecule has 0 heterocycles. The molecule has 0 fully saturated rings. The van der Waals surface area contributed by atoms with Crippen molar-refractivity contribution in [1.29, 1.82) is 0 Å². The number of ketones is 1. The van der Waals surface area contributed by atoms with Crippen LogP contribution in [0.5, 0.6) is 0 Å². The average Bonchev–Trinajstić information content (AvgIpc) is 3.12. The van der Waals surface area contributed by atoms with Crippen LogP contribution in [0.4, 0.5) is 0 Å². The summed E-state index contributed by atoms with van der Waals surface area (Å²) >= 11 is 0.724. The topological polar surface area (TPSA) is 370 Å². The van der Waals surface area contributed by atoms with Gasteiger partial charge < -0.3 is 57.6 Å². The van der Waals surface area contributed by atoms with Gasteiger partial charge in [0.25, 0.3) is 5.91 Å². The second-order valence-electron chi connectivity index (χ2n) is 13.9. The van der Waals surface area contributed by atoms with Gasteiger partial charge in [-0.1, -0.05) is 41.0 Å². The van der Waals surface area contributed by atoms with Crippen molar-refractivity contribution in [2.24, 2.45) is 11.8 Å². The summed E-state index contributed by atoms with van der Waals surface area (Å²) in [6.45, 7) is 7.93. The molecule has 0 saturated carbocycles. The number of hydrogen-bond donors (Lipinski definition) is 11. The Morgan fingerprint density at radius 3 is 1.37 bits per heavy atom. The van der Waals surface area contributed by atoms with Crippen molar-refractivity contribution in [2.45, 2.75) is 116 Å². The molecular formula is C35H55N7O16S. The minimum atomic E-state index is -1.59. The number of carbonyl (C=O) groups is 12. The van der Waals surface area contributed by atoms with Crippen LogP contribution in [-0.2, 0) is 57.5 Å². The van der Waals surface area contributed by atoms with Crippen LogP contribution in [-0.4, -0.2) is 146 Å². The molecule has 0 radical (unpaired) electrons. The van der Waals surface area contributed by atoms with Crippen LogP contribution in [0, 0.1) is 11.8 Å². The average molecular weight is 862 g/mol. The molecule has 332 valence electrons. The summed E-state index contributed by atoms with van der Waals surface area (Å²) in [4.78, 5) is 149. The molecule has 24 heteroatoms. The normalized spacial score (nSPS) is 13.9. The number of carboxylic acids is 4. The number of nitrogens with one attached hydrogen (secondary N) is 7. The van der Waals surface area contributed by atoms with Gasteiger partial charge in [0.1, 0.15) is 36.8 Å². The Kier molecular flexibility index (Phi) is 24.3. The highest BCUT2D eigenvalue weighted by Crippen LogP contribution is 2.11. The van der Waals surface area contributed by atoms with Crippen LogP contribution in [0.3, 0.4) is 0 Å². The minimum absolute atomic E-state index is 0.0670. The number of hydrogen-bond acceptors (Lipinski definition) is 13. The van der Waals surface area contributed by atoms with E-state index < -0.39 is 151 Å². The largest absolute Gasteiger partial charge is 0.481 e. The third-order valence-electron chi connectivity index (χ3n) is 8.09. The number of rotatable bonds is 29. The molecule has 0 saturated heterocycles. The molecule has 0 unspecified atom stereocenters. The summed E-state index contributed by atoms with van der Waals surface area (Å²) in [7, 11) is 0. The maximum atomic E-state index is 13.7. The van der Waals surface area contributed by atoms with Gasteiger partial charge in [-0.15, -0.1) is 11.8 Å². The zero-order valence-corrected chi connectivity index (χ0v) is 34.4. The molecule has 0 bridgehead atoms. The lowest BCUT2D eigenvalue weighted by Gasteiger charge is -2.30. The third-order valence-corrected chi connectivity index (χ3v) is 9.11. The Balaban J connectivity index is 6.34. The van der Waals surface area contributed by atoms with E-state index in [4.69, 9.17) is 15.3 Å². The standard InChI is InChI=1S/C35H55N7O16S/c1-7-8-19(29(52)35(58)36-13-25(48)49)38-32(55)22(14-59-15-26(50)51)40-33(56)27(16(2)3)42-34(57)28(17(4)5)41-31(54)21(10-12-24(46)47)39-30(53)20(37-18(6)43)9-11-23(44)45/h16-17,19-22,27-28H,7-15H2,1-6H3,(H,36,58)(H,37,43)(H,38,55)(H,39,53)(H,40,56)(H,41,54)(H,42,57)(H,44,45)(H,46,47)(H,48,49)(H,50,51)/t19-,20-,21-,22-,27-,28-/m0/s1. The van der Waals surface area contributed by atoms with Crippen LogP contribution in [0.1, 0.15) is 80.1 Å². The maximum absolute atomic E-state index is 13.7. The van der Waals surface area contributed by atoms with Gasteiger partial charge >= 0.3 is 23.9 Å². The molecule has 0 aromatic heterocycles. The zero-order chi connectivity index (χ0) is 45.6. The first-order valence-electron chi connectivity index (χ1n) is 18.5. The Hall–Kier alpha value is -5.81. The molecule has 0 rings (SSSR count). The predicted molar refractivity (Wildman–Crippen MR) is 206 cm³/mol. The van der Waals surface area contributed by atoms with E-state index in [-0.39, 0.29) is 25.0 Å². The number of carboxylic acid groups (broad SMARTS) is 4. The van der Waals surface area contributed by atoms with Crippen LogP contribution < -0.4 is 37.2 Å². The highest BCUT2D eigenvalue weighted by Gasteiger charge is 2.36. The second kappa shape index (κ2) is 27.0. The van der Waals surface area contributed by atoms with Crippen molar-refractivity contribution >= 4 is 82.8 Å². The first-order chi connectivity index (χ1) is 27.4. The number of thioether (sulfide) groups is 1. The van der Waals surface area contributed by atoms with Gasteiger partial charge in [-0.25, -0.2) is 0 Å².